The van der Waals surface area contributed by atoms with Crippen LogP contribution in [0.4, 0.5) is 5.69 Å². The fourth-order valence-corrected chi connectivity index (χ4v) is 2.37. The zero-order valence-corrected chi connectivity index (χ0v) is 10.7. The number of carbonyl (C=O) groups is 2. The van der Waals surface area contributed by atoms with Gasteiger partial charge in [-0.3, -0.25) is 9.59 Å². The summed E-state index contributed by atoms with van der Waals surface area (Å²) < 4.78 is 0. The first-order chi connectivity index (χ1) is 9.12. The highest BCUT2D eigenvalue weighted by molar-refractivity contribution is 6.01. The van der Waals surface area contributed by atoms with Crippen LogP contribution in [0.2, 0.25) is 0 Å². The maximum Gasteiger partial charge on any atom is 0.251 e. The molecule has 4 N–H and O–H groups in total. The van der Waals surface area contributed by atoms with E-state index in [1.54, 1.807) is 18.2 Å². The molecule has 1 aromatic carbocycles. The molecule has 2 aliphatic rings. The van der Waals surface area contributed by atoms with Gasteiger partial charge < -0.3 is 16.4 Å². The number of carbonyl (C=O) groups excluding carboxylic acids is 2. The summed E-state index contributed by atoms with van der Waals surface area (Å²) in [6.45, 7) is 1.26. The van der Waals surface area contributed by atoms with Crippen molar-refractivity contribution in [1.29, 1.82) is 0 Å². The van der Waals surface area contributed by atoms with Crippen molar-refractivity contribution >= 4 is 17.5 Å². The summed E-state index contributed by atoms with van der Waals surface area (Å²) in [5.41, 5.74) is 8.11. The van der Waals surface area contributed by atoms with Gasteiger partial charge in [0.05, 0.1) is 6.42 Å². The van der Waals surface area contributed by atoms with E-state index in [4.69, 9.17) is 5.73 Å². The van der Waals surface area contributed by atoms with Crippen LogP contribution in [0, 0.1) is 5.41 Å². The molecule has 1 saturated carbocycles. The van der Waals surface area contributed by atoms with Gasteiger partial charge in [-0.1, -0.05) is 0 Å². The Morgan fingerprint density at radius 3 is 2.89 bits per heavy atom. The molecule has 0 spiro atoms. The average Bonchev–Trinajstić information content (AvgIpc) is 3.10. The minimum atomic E-state index is -0.0955. The summed E-state index contributed by atoms with van der Waals surface area (Å²) in [6, 6.07) is 5.30. The van der Waals surface area contributed by atoms with Crippen LogP contribution in [-0.4, -0.2) is 24.9 Å². The Morgan fingerprint density at radius 1 is 1.42 bits per heavy atom. The zero-order valence-electron chi connectivity index (χ0n) is 10.7. The van der Waals surface area contributed by atoms with Crippen molar-refractivity contribution in [2.75, 3.05) is 18.4 Å². The van der Waals surface area contributed by atoms with E-state index in [0.717, 1.165) is 24.1 Å². The van der Waals surface area contributed by atoms with Crippen LogP contribution < -0.4 is 16.4 Å². The van der Waals surface area contributed by atoms with Crippen molar-refractivity contribution in [2.45, 2.75) is 19.3 Å². The maximum absolute atomic E-state index is 12.1. The highest BCUT2D eigenvalue weighted by Crippen LogP contribution is 2.43. The summed E-state index contributed by atoms with van der Waals surface area (Å²) in [5.74, 6) is -0.116. The first-order valence-electron chi connectivity index (χ1n) is 6.53. The Bertz CT molecular complexity index is 550. The van der Waals surface area contributed by atoms with Gasteiger partial charge in [-0.25, -0.2) is 0 Å². The van der Waals surface area contributed by atoms with E-state index >= 15 is 0 Å². The number of rotatable bonds is 4. The van der Waals surface area contributed by atoms with Crippen molar-refractivity contribution in [2.24, 2.45) is 11.1 Å². The second-order valence-corrected chi connectivity index (χ2v) is 5.48. The molecule has 1 aromatic rings. The van der Waals surface area contributed by atoms with Crippen LogP contribution in [0.25, 0.3) is 0 Å². The number of nitrogens with one attached hydrogen (secondary N) is 2. The molecular weight excluding hydrogens is 242 g/mol. The van der Waals surface area contributed by atoms with Gasteiger partial charge in [0, 0.05) is 23.2 Å². The molecule has 19 heavy (non-hydrogen) atoms. The molecule has 5 nitrogen and oxygen atoms in total. The van der Waals surface area contributed by atoms with Crippen LogP contribution in [-0.2, 0) is 11.2 Å². The lowest BCUT2D eigenvalue weighted by Gasteiger charge is -2.13. The molecular formula is C14H17N3O2. The third-order valence-electron chi connectivity index (χ3n) is 4.01. The van der Waals surface area contributed by atoms with E-state index in [1.165, 1.54) is 0 Å². The van der Waals surface area contributed by atoms with Gasteiger partial charge in [-0.2, -0.15) is 0 Å². The smallest absolute Gasteiger partial charge is 0.251 e. The van der Waals surface area contributed by atoms with Gasteiger partial charge in [0.2, 0.25) is 5.91 Å². The van der Waals surface area contributed by atoms with Crippen molar-refractivity contribution in [1.82, 2.24) is 5.32 Å². The van der Waals surface area contributed by atoms with E-state index in [0.29, 0.717) is 25.1 Å². The molecule has 0 bridgehead atoms. The van der Waals surface area contributed by atoms with E-state index in [1.807, 2.05) is 0 Å². The molecule has 0 saturated heterocycles. The van der Waals surface area contributed by atoms with Crippen molar-refractivity contribution in [3.63, 3.8) is 0 Å². The Labute approximate surface area is 111 Å². The predicted octanol–water partition coefficient (Wildman–Crippen LogP) is 0.650. The van der Waals surface area contributed by atoms with E-state index < -0.39 is 0 Å². The molecule has 100 valence electrons. The lowest BCUT2D eigenvalue weighted by atomic mass is 10.1. The number of fused-ring (bicyclic) bond motifs is 1. The summed E-state index contributed by atoms with van der Waals surface area (Å²) >= 11 is 0. The molecule has 5 heteroatoms. The van der Waals surface area contributed by atoms with Crippen LogP contribution >= 0.6 is 0 Å². The topological polar surface area (TPSA) is 84.2 Å². The highest BCUT2D eigenvalue weighted by atomic mass is 16.2. The first kappa shape index (κ1) is 12.2. The van der Waals surface area contributed by atoms with E-state index in [9.17, 15) is 9.59 Å². The Hall–Kier alpha value is -1.88. The van der Waals surface area contributed by atoms with Gasteiger partial charge in [-0.15, -0.1) is 0 Å². The zero-order chi connectivity index (χ0) is 13.5. The molecule has 0 radical (unpaired) electrons. The van der Waals surface area contributed by atoms with Crippen molar-refractivity contribution in [3.8, 4) is 0 Å². The minimum Gasteiger partial charge on any atom is -0.351 e. The van der Waals surface area contributed by atoms with Gasteiger partial charge in [-0.05, 0) is 43.1 Å². The van der Waals surface area contributed by atoms with Gasteiger partial charge in [0.15, 0.2) is 0 Å². The van der Waals surface area contributed by atoms with E-state index in [-0.39, 0.29) is 17.2 Å². The molecule has 1 fully saturated rings. The second kappa shape index (κ2) is 4.35. The second-order valence-electron chi connectivity index (χ2n) is 5.48. The molecule has 0 atom stereocenters. The molecule has 1 heterocycles. The summed E-state index contributed by atoms with van der Waals surface area (Å²) in [7, 11) is 0. The summed E-state index contributed by atoms with van der Waals surface area (Å²) in [6.07, 6.45) is 2.53. The number of anilines is 1. The Balaban J connectivity index is 1.67. The minimum absolute atomic E-state index is 0.0207. The Kier molecular flexibility index (Phi) is 2.78. The summed E-state index contributed by atoms with van der Waals surface area (Å²) in [4.78, 5) is 23.3. The van der Waals surface area contributed by atoms with Gasteiger partial charge in [0.1, 0.15) is 0 Å². The fourth-order valence-electron chi connectivity index (χ4n) is 2.37. The summed E-state index contributed by atoms with van der Waals surface area (Å²) in [5, 5.41) is 5.68. The first-order valence-corrected chi connectivity index (χ1v) is 6.53. The number of benzene rings is 1. The number of amides is 2. The SMILES string of the molecule is NCC1(CNC(=O)c2ccc3c(c2)CC(=O)N3)CC1. The average molecular weight is 259 g/mol. The molecule has 3 rings (SSSR count). The van der Waals surface area contributed by atoms with Crippen LogP contribution in [0.15, 0.2) is 18.2 Å². The number of hydrogen-bond acceptors (Lipinski definition) is 3. The van der Waals surface area contributed by atoms with Gasteiger partial charge >= 0.3 is 0 Å². The van der Waals surface area contributed by atoms with Crippen LogP contribution in [0.3, 0.4) is 0 Å². The van der Waals surface area contributed by atoms with E-state index in [2.05, 4.69) is 10.6 Å². The molecule has 0 aromatic heterocycles. The van der Waals surface area contributed by atoms with Crippen LogP contribution in [0.1, 0.15) is 28.8 Å². The normalized spacial score (nSPS) is 18.7. The molecule has 1 aliphatic carbocycles. The lowest BCUT2D eigenvalue weighted by Crippen LogP contribution is -2.33. The molecule has 1 aliphatic heterocycles. The van der Waals surface area contributed by atoms with Gasteiger partial charge in [0.25, 0.3) is 5.91 Å². The fraction of sp³-hybridized carbons (Fsp3) is 0.429. The van der Waals surface area contributed by atoms with Crippen molar-refractivity contribution < 1.29 is 9.59 Å². The number of nitrogens with two attached hydrogens (primary N) is 1. The predicted molar refractivity (Wildman–Crippen MR) is 71.8 cm³/mol. The molecule has 2 amide bonds. The highest BCUT2D eigenvalue weighted by Gasteiger charge is 2.41. The van der Waals surface area contributed by atoms with Crippen LogP contribution in [0.5, 0.6) is 0 Å². The quantitative estimate of drug-likeness (QED) is 0.742. The largest absolute Gasteiger partial charge is 0.351 e. The van der Waals surface area contributed by atoms with Crippen molar-refractivity contribution in [3.05, 3.63) is 29.3 Å². The molecule has 0 unspecified atom stereocenters. The third kappa shape index (κ3) is 2.33. The number of hydrogen-bond donors (Lipinski definition) is 3. The lowest BCUT2D eigenvalue weighted by molar-refractivity contribution is -0.115. The maximum atomic E-state index is 12.1. The third-order valence-corrected chi connectivity index (χ3v) is 4.01. The Morgan fingerprint density at radius 2 is 2.21 bits per heavy atom. The standard InChI is InChI=1S/C14H17N3O2/c15-7-14(3-4-14)8-16-13(19)9-1-2-11-10(5-9)6-12(18)17-11/h1-2,5H,3-4,6-8,15H2,(H,16,19)(H,17,18). The monoisotopic (exact) mass is 259 g/mol.